The van der Waals surface area contributed by atoms with Crippen LogP contribution in [0.4, 0.5) is 0 Å². The Labute approximate surface area is 180 Å². The van der Waals surface area contributed by atoms with Crippen LogP contribution in [0.15, 0.2) is 77.7 Å². The number of ether oxygens (including phenoxy) is 2. The van der Waals surface area contributed by atoms with Crippen molar-refractivity contribution in [2.45, 2.75) is 4.90 Å². The Morgan fingerprint density at radius 1 is 0.786 bits per heavy atom. The summed E-state index contributed by atoms with van der Waals surface area (Å²) < 4.78 is 10.5. The van der Waals surface area contributed by atoms with Crippen LogP contribution < -0.4 is 9.47 Å². The summed E-state index contributed by atoms with van der Waals surface area (Å²) in [6.07, 6.45) is 0. The Kier molecular flexibility index (Phi) is 8.22. The van der Waals surface area contributed by atoms with E-state index in [1.165, 1.54) is 11.8 Å². The Balaban J connectivity index is 0.00000280. The van der Waals surface area contributed by atoms with Crippen LogP contribution in [0.2, 0.25) is 0 Å². The van der Waals surface area contributed by atoms with Gasteiger partial charge in [-0.1, -0.05) is 12.1 Å². The molecule has 0 saturated carbocycles. The Morgan fingerprint density at radius 2 is 1.25 bits per heavy atom. The molecule has 3 rings (SSSR count). The molecular weight excluding hydrogens is 418 g/mol. The van der Waals surface area contributed by atoms with Gasteiger partial charge in [-0.2, -0.15) is 22.6 Å². The number of thioether (sulfide) groups is 1. The van der Waals surface area contributed by atoms with Crippen LogP contribution in [0.5, 0.6) is 11.5 Å². The van der Waals surface area contributed by atoms with Gasteiger partial charge >= 0.3 is 17.1 Å². The summed E-state index contributed by atoms with van der Waals surface area (Å²) in [5, 5.41) is 12.5. The van der Waals surface area contributed by atoms with Gasteiger partial charge < -0.3 is 9.47 Å². The van der Waals surface area contributed by atoms with Crippen LogP contribution in [-0.4, -0.2) is 14.2 Å². The first-order chi connectivity index (χ1) is 13.2. The summed E-state index contributed by atoms with van der Waals surface area (Å²) in [4.78, 5) is 1.07. The van der Waals surface area contributed by atoms with Crippen LogP contribution in [0, 0.1) is 16.7 Å². The second-order valence-corrected chi connectivity index (χ2v) is 6.55. The molecule has 144 valence electrons. The molecule has 5 heteroatoms. The molecule has 0 saturated heterocycles. The summed E-state index contributed by atoms with van der Waals surface area (Å²) in [5.74, 6) is 1.63. The Morgan fingerprint density at radius 3 is 1.71 bits per heavy atom. The second-order valence-electron chi connectivity index (χ2n) is 5.67. The third-order valence-corrected chi connectivity index (χ3v) is 4.83. The van der Waals surface area contributed by atoms with E-state index in [9.17, 15) is 0 Å². The molecule has 0 unspecified atom stereocenters. The molecule has 0 bridgehead atoms. The van der Waals surface area contributed by atoms with Gasteiger partial charge in [0.25, 0.3) is 0 Å². The van der Waals surface area contributed by atoms with Crippen molar-refractivity contribution >= 4 is 17.3 Å². The summed E-state index contributed by atoms with van der Waals surface area (Å²) >= 11 is 1.52. The van der Waals surface area contributed by atoms with Crippen molar-refractivity contribution in [1.82, 2.24) is 0 Å². The fraction of sp³-hybridized carbons (Fsp3) is 0.0870. The predicted molar refractivity (Wildman–Crippen MR) is 109 cm³/mol. The van der Waals surface area contributed by atoms with Crippen molar-refractivity contribution in [3.8, 4) is 17.6 Å². The van der Waals surface area contributed by atoms with Gasteiger partial charge in [-0.05, 0) is 41.3 Å². The molecule has 0 spiro atoms. The first-order valence-corrected chi connectivity index (χ1v) is 9.14. The zero-order chi connectivity index (χ0) is 19.1. The van der Waals surface area contributed by atoms with Crippen LogP contribution in [0.25, 0.3) is 5.57 Å². The Hall–Kier alpha value is -2.64. The monoisotopic (exact) mass is 435 g/mol. The van der Waals surface area contributed by atoms with E-state index in [4.69, 9.17) is 14.7 Å². The van der Waals surface area contributed by atoms with Crippen LogP contribution in [-0.2, 0) is 17.1 Å². The summed E-state index contributed by atoms with van der Waals surface area (Å²) in [6, 6.07) is 25.4. The number of nitriles is 1. The number of hydrogen-bond donors (Lipinski definition) is 0. The van der Waals surface area contributed by atoms with E-state index >= 15 is 0 Å². The Bertz CT molecular complexity index is 959. The van der Waals surface area contributed by atoms with Gasteiger partial charge in [0.05, 0.1) is 20.3 Å². The molecular formula is C23H18CuNO2S. The van der Waals surface area contributed by atoms with Gasteiger partial charge in [-0.15, -0.1) is 40.8 Å². The van der Waals surface area contributed by atoms with Gasteiger partial charge in [0.1, 0.15) is 11.5 Å². The topological polar surface area (TPSA) is 42.2 Å². The zero-order valence-electron chi connectivity index (χ0n) is 15.4. The molecule has 0 aromatic heterocycles. The fourth-order valence-corrected chi connectivity index (χ4v) is 3.24. The maximum atomic E-state index is 9.04. The quantitative estimate of drug-likeness (QED) is 0.289. The molecule has 3 aromatic rings. The second kappa shape index (κ2) is 10.6. The molecule has 0 atom stereocenters. The predicted octanol–water partition coefficient (Wildman–Crippen LogP) is 5.56. The van der Waals surface area contributed by atoms with Crippen molar-refractivity contribution in [2.24, 2.45) is 0 Å². The van der Waals surface area contributed by atoms with Crippen molar-refractivity contribution in [3.05, 3.63) is 94.9 Å². The van der Waals surface area contributed by atoms with Crippen LogP contribution in [0.3, 0.4) is 0 Å². The average molecular weight is 436 g/mol. The maximum absolute atomic E-state index is 9.04. The SMILES string of the molecule is COc1ccc(S[C-]=C(c2ccc(C#N)cc2)c2ccc(OC)cc2)cc1.[Cu+]. The summed E-state index contributed by atoms with van der Waals surface area (Å²) in [7, 11) is 3.30. The third-order valence-electron chi connectivity index (χ3n) is 4.01. The molecule has 0 amide bonds. The van der Waals surface area contributed by atoms with Gasteiger partial charge in [0.15, 0.2) is 0 Å². The molecule has 0 aliphatic heterocycles. The number of rotatable bonds is 6. The van der Waals surface area contributed by atoms with Crippen molar-refractivity contribution < 1.29 is 26.5 Å². The number of benzene rings is 3. The van der Waals surface area contributed by atoms with E-state index in [2.05, 4.69) is 11.5 Å². The van der Waals surface area contributed by atoms with Gasteiger partial charge in [0.2, 0.25) is 0 Å². The smallest absolute Gasteiger partial charge is 0.497 e. The molecule has 0 fully saturated rings. The molecule has 0 aliphatic carbocycles. The van der Waals surface area contributed by atoms with Crippen molar-refractivity contribution in [2.75, 3.05) is 14.2 Å². The molecule has 0 aliphatic rings. The van der Waals surface area contributed by atoms with E-state index in [0.29, 0.717) is 5.56 Å². The minimum absolute atomic E-state index is 0. The van der Waals surface area contributed by atoms with Gasteiger partial charge in [-0.25, -0.2) is 0 Å². The van der Waals surface area contributed by atoms with Crippen molar-refractivity contribution in [3.63, 3.8) is 0 Å². The molecule has 28 heavy (non-hydrogen) atoms. The summed E-state index contributed by atoms with van der Waals surface area (Å²) in [5.41, 5.74) is 3.63. The number of nitrogens with zero attached hydrogens (tertiary/aromatic N) is 1. The minimum Gasteiger partial charge on any atom is -0.497 e. The molecule has 3 aromatic carbocycles. The molecule has 0 N–H and O–H groups in total. The standard InChI is InChI=1S/C23H18NO2S.Cu/c1-25-20-9-7-19(8-10-20)23(18-5-3-17(15-24)4-6-18)16-27-22-13-11-21(26-2)12-14-22;/h3-14H,1-2H3;/q-1;+1. The fourth-order valence-electron chi connectivity index (χ4n) is 2.51. The van der Waals surface area contributed by atoms with E-state index in [1.54, 1.807) is 14.2 Å². The van der Waals surface area contributed by atoms with E-state index in [1.807, 2.05) is 72.8 Å². The van der Waals surface area contributed by atoms with Crippen molar-refractivity contribution in [1.29, 1.82) is 5.26 Å². The zero-order valence-corrected chi connectivity index (χ0v) is 17.2. The van der Waals surface area contributed by atoms with E-state index in [-0.39, 0.29) is 17.1 Å². The largest absolute Gasteiger partial charge is 1.00 e. The van der Waals surface area contributed by atoms with Gasteiger partial charge in [-0.3, -0.25) is 0 Å². The minimum atomic E-state index is 0. The van der Waals surface area contributed by atoms with E-state index < -0.39 is 0 Å². The van der Waals surface area contributed by atoms with Crippen LogP contribution in [0.1, 0.15) is 16.7 Å². The number of methoxy groups -OCH3 is 2. The maximum Gasteiger partial charge on any atom is 1.00 e. The van der Waals surface area contributed by atoms with Gasteiger partial charge in [0, 0.05) is 5.56 Å². The summed E-state index contributed by atoms with van der Waals surface area (Å²) in [6.45, 7) is 0. The first-order valence-electron chi connectivity index (χ1n) is 8.32. The average Bonchev–Trinajstić information content (AvgIpc) is 2.75. The number of hydrogen-bond acceptors (Lipinski definition) is 4. The third kappa shape index (κ3) is 5.43. The molecule has 3 nitrogen and oxygen atoms in total. The van der Waals surface area contributed by atoms with Crippen LogP contribution >= 0.6 is 11.8 Å². The normalized spacial score (nSPS) is 10.5. The molecule has 0 radical (unpaired) electrons. The first kappa shape index (κ1) is 21.7. The van der Waals surface area contributed by atoms with E-state index in [0.717, 1.165) is 33.1 Å². The molecule has 0 heterocycles.